The summed E-state index contributed by atoms with van der Waals surface area (Å²) in [6.45, 7) is 3.52. The molecule has 0 aromatic carbocycles. The van der Waals surface area contributed by atoms with Gasteiger partial charge in [0.15, 0.2) is 5.69 Å². The van der Waals surface area contributed by atoms with E-state index in [1.807, 2.05) is 0 Å². The third kappa shape index (κ3) is 8.78. The average molecular weight is 597 g/mol. The number of carbonyl (C=O) groups is 1. The summed E-state index contributed by atoms with van der Waals surface area (Å²) in [6, 6.07) is 1.06. The Hall–Kier alpha value is -2.94. The maximum atomic E-state index is 13.2. The molecule has 1 atom stereocenters. The molecule has 0 aliphatic heterocycles. The molecule has 40 heavy (non-hydrogen) atoms. The van der Waals surface area contributed by atoms with Crippen LogP contribution >= 0.6 is 0 Å². The highest BCUT2D eigenvalue weighted by atomic mass is 32.1. The smallest absolute Gasteiger partial charge is 0.391 e. The topological polar surface area (TPSA) is 123 Å². The lowest BCUT2D eigenvalue weighted by atomic mass is 9.79. The number of nitrogens with zero attached hydrogens (tertiary/aromatic N) is 3. The number of carbonyl (C=O) groups excluding carboxylic acids is 1. The van der Waals surface area contributed by atoms with E-state index in [-0.39, 0.29) is 41.5 Å². The van der Waals surface area contributed by atoms with Crippen molar-refractivity contribution in [3.63, 3.8) is 0 Å². The van der Waals surface area contributed by atoms with Gasteiger partial charge in [0.25, 0.3) is 5.91 Å². The van der Waals surface area contributed by atoms with E-state index in [2.05, 4.69) is 27.1 Å². The van der Waals surface area contributed by atoms with Gasteiger partial charge in [-0.2, -0.15) is 35.5 Å². The van der Waals surface area contributed by atoms with Crippen LogP contribution in [0.2, 0.25) is 0 Å². The fourth-order valence-corrected chi connectivity index (χ4v) is 4.53. The molecular formula is C25H33F5N4O5S. The highest BCUT2D eigenvalue weighted by Gasteiger charge is 2.36. The van der Waals surface area contributed by atoms with Crippen LogP contribution in [-0.2, 0) is 24.5 Å². The Balaban J connectivity index is 0.00000178. The summed E-state index contributed by atoms with van der Waals surface area (Å²) in [7, 11) is 0. The summed E-state index contributed by atoms with van der Waals surface area (Å²) >= 11 is -0.750. The van der Waals surface area contributed by atoms with Gasteiger partial charge in [-0.1, -0.05) is 13.8 Å². The lowest BCUT2D eigenvalue weighted by Crippen LogP contribution is -2.45. The van der Waals surface area contributed by atoms with Crippen molar-refractivity contribution in [2.75, 3.05) is 6.54 Å². The molecule has 1 amide bonds. The number of aromatic nitrogens is 3. The first-order chi connectivity index (χ1) is 18.7. The molecule has 15 heteroatoms. The predicted molar refractivity (Wildman–Crippen MR) is 135 cm³/mol. The van der Waals surface area contributed by atoms with Gasteiger partial charge >= 0.3 is 24.4 Å². The van der Waals surface area contributed by atoms with Crippen molar-refractivity contribution in [2.24, 2.45) is 11.8 Å². The zero-order valence-electron chi connectivity index (χ0n) is 22.6. The summed E-state index contributed by atoms with van der Waals surface area (Å²) in [5.41, 5.74) is -0.288. The summed E-state index contributed by atoms with van der Waals surface area (Å²) in [6.07, 6.45) is -0.949. The number of amides is 1. The lowest BCUT2D eigenvalue weighted by Gasteiger charge is -2.34. The second kappa shape index (κ2) is 14.1. The molecule has 0 radical (unpaired) electrons. The molecule has 2 aromatic rings. The van der Waals surface area contributed by atoms with Gasteiger partial charge < -0.3 is 15.2 Å². The molecule has 1 fully saturated rings. The Morgan fingerprint density at radius 3 is 2.42 bits per heavy atom. The van der Waals surface area contributed by atoms with E-state index in [1.165, 1.54) is 10.9 Å². The predicted octanol–water partition coefficient (Wildman–Crippen LogP) is 4.62. The van der Waals surface area contributed by atoms with Gasteiger partial charge in [-0.15, -0.1) is 0 Å². The minimum atomic E-state index is -4.47. The number of alkyl halides is 5. The van der Waals surface area contributed by atoms with Crippen LogP contribution in [0, 0.1) is 18.8 Å². The van der Waals surface area contributed by atoms with E-state index >= 15 is 0 Å². The Bertz CT molecular complexity index is 1190. The molecular weight excluding hydrogens is 563 g/mol. The zero-order valence-corrected chi connectivity index (χ0v) is 23.4. The third-order valence-corrected chi connectivity index (χ3v) is 6.95. The second-order valence-corrected chi connectivity index (χ2v) is 10.1. The Labute approximate surface area is 232 Å². The molecule has 1 saturated carbocycles. The van der Waals surface area contributed by atoms with E-state index in [9.17, 15) is 31.9 Å². The first-order valence-electron chi connectivity index (χ1n) is 12.7. The number of halogens is 5. The molecule has 0 unspecified atom stereocenters. The molecule has 2 heterocycles. The monoisotopic (exact) mass is 596 g/mol. The van der Waals surface area contributed by atoms with Gasteiger partial charge in [-0.05, 0) is 45.4 Å². The van der Waals surface area contributed by atoms with Crippen molar-refractivity contribution in [1.29, 1.82) is 0 Å². The van der Waals surface area contributed by atoms with Gasteiger partial charge in [-0.3, -0.25) is 14.5 Å². The van der Waals surface area contributed by atoms with E-state index in [1.54, 1.807) is 13.8 Å². The SMILES string of the molecule is CCn1nc(C(=O)NCC2(O)CCC(C)CC2)c(C)c1-c1cnc(C[C@@H](C)C(F)(F)F)cc1OC(F)F.O=S=O. The second-order valence-electron chi connectivity index (χ2n) is 9.99. The van der Waals surface area contributed by atoms with Crippen molar-refractivity contribution in [3.05, 3.63) is 29.2 Å². The minimum absolute atomic E-state index is 0.0439. The largest absolute Gasteiger partial charge is 0.434 e. The molecule has 3 rings (SSSR count). The van der Waals surface area contributed by atoms with Crippen LogP contribution in [0.5, 0.6) is 5.75 Å². The molecule has 2 aromatic heterocycles. The van der Waals surface area contributed by atoms with E-state index < -0.39 is 48.2 Å². The highest BCUT2D eigenvalue weighted by molar-refractivity contribution is 7.51. The third-order valence-electron chi connectivity index (χ3n) is 6.95. The first kappa shape index (κ1) is 33.3. The summed E-state index contributed by atoms with van der Waals surface area (Å²) in [5, 5.41) is 17.9. The number of pyridine rings is 1. The number of ether oxygens (including phenoxy) is 1. The number of rotatable bonds is 9. The Morgan fingerprint density at radius 2 is 1.90 bits per heavy atom. The Morgan fingerprint density at radius 1 is 1.30 bits per heavy atom. The van der Waals surface area contributed by atoms with Crippen LogP contribution in [0.4, 0.5) is 22.0 Å². The quantitative estimate of drug-likeness (QED) is 0.405. The summed E-state index contributed by atoms with van der Waals surface area (Å²) in [5.74, 6) is -2.10. The molecule has 0 bridgehead atoms. The molecule has 224 valence electrons. The molecule has 2 N–H and O–H groups in total. The average Bonchev–Trinajstić information content (AvgIpc) is 3.20. The first-order valence-corrected chi connectivity index (χ1v) is 13.3. The van der Waals surface area contributed by atoms with Gasteiger partial charge in [0.05, 0.1) is 22.8 Å². The number of aryl methyl sites for hydroxylation is 1. The van der Waals surface area contributed by atoms with Crippen LogP contribution in [-0.4, -0.2) is 59.1 Å². The number of hydrogen-bond acceptors (Lipinski definition) is 7. The number of nitrogens with one attached hydrogen (secondary N) is 1. The van der Waals surface area contributed by atoms with E-state index in [4.69, 9.17) is 8.42 Å². The zero-order chi connectivity index (χ0) is 30.3. The van der Waals surface area contributed by atoms with Crippen molar-refractivity contribution in [1.82, 2.24) is 20.1 Å². The van der Waals surface area contributed by atoms with Crippen LogP contribution in [0.25, 0.3) is 11.3 Å². The van der Waals surface area contributed by atoms with Gasteiger partial charge in [0.1, 0.15) is 5.75 Å². The van der Waals surface area contributed by atoms with Crippen LogP contribution in [0.15, 0.2) is 12.3 Å². The summed E-state index contributed by atoms with van der Waals surface area (Å²) in [4.78, 5) is 17.0. The standard InChI is InChI=1S/C25H33F5N4O3.O2S/c1-5-34-21(16(4)20(33-34)22(35)32-13-24(36)8-6-14(2)7-9-24)18-12-31-17(10-15(3)25(28,29)30)11-19(18)37-23(26)27;1-3-2/h11-12,14-15,23,36H,5-10,13H2,1-4H3,(H,32,35);/t14?,15-,24?;/m1./s1. The lowest BCUT2D eigenvalue weighted by molar-refractivity contribution is -0.169. The van der Waals surface area contributed by atoms with Crippen molar-refractivity contribution < 1.29 is 45.0 Å². The van der Waals surface area contributed by atoms with Gasteiger partial charge in [0, 0.05) is 43.0 Å². The van der Waals surface area contributed by atoms with Crippen molar-refractivity contribution in [3.8, 4) is 17.0 Å². The van der Waals surface area contributed by atoms with Crippen molar-refractivity contribution >= 4 is 17.5 Å². The number of aliphatic hydroxyl groups is 1. The fourth-order valence-electron chi connectivity index (χ4n) is 4.53. The van der Waals surface area contributed by atoms with Gasteiger partial charge in [-0.25, -0.2) is 0 Å². The van der Waals surface area contributed by atoms with E-state index in [0.717, 1.165) is 25.8 Å². The normalized spacial score (nSPS) is 19.9. The minimum Gasteiger partial charge on any atom is -0.434 e. The maximum absolute atomic E-state index is 13.2. The molecule has 1 aliphatic carbocycles. The molecule has 0 spiro atoms. The maximum Gasteiger partial charge on any atom is 0.391 e. The van der Waals surface area contributed by atoms with Crippen LogP contribution < -0.4 is 10.1 Å². The molecule has 1 aliphatic rings. The van der Waals surface area contributed by atoms with E-state index in [0.29, 0.717) is 24.3 Å². The number of hydrogen-bond donors (Lipinski definition) is 2. The van der Waals surface area contributed by atoms with Gasteiger partial charge in [0.2, 0.25) is 0 Å². The molecule has 9 nitrogen and oxygen atoms in total. The van der Waals surface area contributed by atoms with Crippen molar-refractivity contribution in [2.45, 2.75) is 84.7 Å². The van der Waals surface area contributed by atoms with Crippen LogP contribution in [0.1, 0.15) is 68.2 Å². The fraction of sp³-hybridized carbons (Fsp3) is 0.640. The molecule has 0 saturated heterocycles. The van der Waals surface area contributed by atoms with Crippen LogP contribution in [0.3, 0.4) is 0 Å². The summed E-state index contributed by atoms with van der Waals surface area (Å²) < 4.78 is 88.1. The Kier molecular flexibility index (Phi) is 11.7. The highest BCUT2D eigenvalue weighted by Crippen LogP contribution is 2.36.